The molecule has 3 heterocycles. The molecule has 24 heavy (non-hydrogen) atoms. The normalized spacial score (nSPS) is 18.7. The van der Waals surface area contributed by atoms with Gasteiger partial charge in [-0.25, -0.2) is 0 Å². The Bertz CT molecular complexity index is 941. The molecular weight excluding hydrogens is 340 g/mol. The van der Waals surface area contributed by atoms with E-state index in [0.717, 1.165) is 21.0 Å². The number of thiophene rings is 1. The van der Waals surface area contributed by atoms with Crippen molar-refractivity contribution in [2.24, 2.45) is 10.1 Å². The molecule has 5 nitrogen and oxygen atoms in total. The molecule has 0 spiro atoms. The molecule has 2 aliphatic heterocycles. The Hall–Kier alpha value is -2.51. The molecule has 0 radical (unpaired) electrons. The average Bonchev–Trinajstić information content (AvgIpc) is 3.21. The lowest BCUT2D eigenvalue weighted by atomic mass is 10.1. The molecule has 1 aromatic carbocycles. The van der Waals surface area contributed by atoms with Crippen molar-refractivity contribution < 1.29 is 4.79 Å². The Morgan fingerprint density at radius 3 is 2.79 bits per heavy atom. The summed E-state index contributed by atoms with van der Waals surface area (Å²) >= 11 is 2.83. The largest absolute Gasteiger partial charge is 0.283 e. The third-order valence-corrected chi connectivity index (χ3v) is 5.42. The van der Waals surface area contributed by atoms with E-state index in [2.05, 4.69) is 10.1 Å². The van der Waals surface area contributed by atoms with E-state index in [1.807, 2.05) is 48.7 Å². The van der Waals surface area contributed by atoms with Crippen LogP contribution in [0.15, 0.2) is 57.4 Å². The molecule has 1 N–H and O–H groups in total. The number of fused-ring (bicyclic) bond motifs is 1. The molecule has 0 saturated carbocycles. The minimum absolute atomic E-state index is 0.0643. The molecule has 2 aromatic rings. The van der Waals surface area contributed by atoms with Crippen LogP contribution in [0.25, 0.3) is 6.08 Å². The Morgan fingerprint density at radius 2 is 2.04 bits per heavy atom. The van der Waals surface area contributed by atoms with E-state index in [9.17, 15) is 4.79 Å². The number of aryl methyl sites for hydroxylation is 1. The fourth-order valence-electron chi connectivity index (χ4n) is 2.43. The quantitative estimate of drug-likeness (QED) is 0.838. The molecule has 1 aromatic heterocycles. The van der Waals surface area contributed by atoms with Crippen LogP contribution in [0.5, 0.6) is 0 Å². The fraction of sp³-hybridized carbons (Fsp3) is 0.0588. The first-order valence-electron chi connectivity index (χ1n) is 7.23. The number of nitrogens with one attached hydrogen (secondary N) is 1. The molecule has 7 heteroatoms. The van der Waals surface area contributed by atoms with Crippen molar-refractivity contribution in [2.75, 3.05) is 0 Å². The van der Waals surface area contributed by atoms with Crippen molar-refractivity contribution in [1.29, 1.82) is 5.41 Å². The second-order valence-corrected chi connectivity index (χ2v) is 7.19. The minimum atomic E-state index is -0.395. The van der Waals surface area contributed by atoms with Crippen LogP contribution < -0.4 is 0 Å². The summed E-state index contributed by atoms with van der Waals surface area (Å²) in [5.41, 5.74) is 2.34. The second kappa shape index (κ2) is 5.85. The van der Waals surface area contributed by atoms with Gasteiger partial charge in [-0.05, 0) is 41.8 Å². The number of hydrogen-bond acceptors (Lipinski definition) is 5. The van der Waals surface area contributed by atoms with Crippen molar-refractivity contribution in [2.45, 2.75) is 6.92 Å². The van der Waals surface area contributed by atoms with Crippen molar-refractivity contribution in [3.05, 3.63) is 63.4 Å². The van der Waals surface area contributed by atoms with Crippen molar-refractivity contribution >= 4 is 51.1 Å². The lowest BCUT2D eigenvalue weighted by molar-refractivity contribution is -0.114. The van der Waals surface area contributed by atoms with Crippen LogP contribution in [-0.2, 0) is 4.79 Å². The van der Waals surface area contributed by atoms with E-state index in [1.165, 1.54) is 28.1 Å². The van der Waals surface area contributed by atoms with Gasteiger partial charge < -0.3 is 0 Å². The lowest BCUT2D eigenvalue weighted by Gasteiger charge is -2.19. The van der Waals surface area contributed by atoms with Crippen LogP contribution in [0, 0.1) is 12.3 Å². The average molecular weight is 352 g/mol. The molecule has 0 bridgehead atoms. The van der Waals surface area contributed by atoms with Crippen molar-refractivity contribution in [1.82, 2.24) is 5.01 Å². The van der Waals surface area contributed by atoms with Crippen LogP contribution in [-0.4, -0.2) is 27.0 Å². The monoisotopic (exact) mass is 352 g/mol. The molecule has 4 rings (SSSR count). The zero-order valence-electron chi connectivity index (χ0n) is 12.7. The summed E-state index contributed by atoms with van der Waals surface area (Å²) in [4.78, 5) is 17.3. The number of amides is 1. The number of amidine groups is 2. The summed E-state index contributed by atoms with van der Waals surface area (Å²) in [6, 6.07) is 11.7. The standard InChI is InChI=1S/C17H12N4OS2/c1-10-5-2-3-7-12(10)16-20-21-14(18)13(9-11-6-4-8-23-11)15(22)19-17(21)24-16/h2-9,18H,1H3/b13-9-,18-14?. The summed E-state index contributed by atoms with van der Waals surface area (Å²) in [5.74, 6) is -0.331. The van der Waals surface area contributed by atoms with E-state index in [4.69, 9.17) is 5.41 Å². The van der Waals surface area contributed by atoms with Crippen LogP contribution in [0.4, 0.5) is 0 Å². The first kappa shape index (κ1) is 15.0. The van der Waals surface area contributed by atoms with Crippen LogP contribution in [0.3, 0.4) is 0 Å². The summed E-state index contributed by atoms with van der Waals surface area (Å²) in [5, 5.41) is 17.4. The maximum atomic E-state index is 12.3. The van der Waals surface area contributed by atoms with Gasteiger partial charge in [-0.3, -0.25) is 10.2 Å². The predicted molar refractivity (Wildman–Crippen MR) is 99.6 cm³/mol. The number of aliphatic imine (C=N–C) groups is 1. The molecule has 2 aliphatic rings. The molecule has 0 aliphatic carbocycles. The first-order valence-corrected chi connectivity index (χ1v) is 8.93. The number of benzene rings is 1. The van der Waals surface area contributed by atoms with Gasteiger partial charge in [-0.15, -0.1) is 11.3 Å². The van der Waals surface area contributed by atoms with E-state index >= 15 is 0 Å². The highest BCUT2D eigenvalue weighted by atomic mass is 32.2. The Kier molecular flexibility index (Phi) is 3.66. The summed E-state index contributed by atoms with van der Waals surface area (Å²) in [6.07, 6.45) is 1.70. The Labute approximate surface area is 146 Å². The van der Waals surface area contributed by atoms with Crippen LogP contribution in [0.2, 0.25) is 0 Å². The highest BCUT2D eigenvalue weighted by Crippen LogP contribution is 2.32. The van der Waals surface area contributed by atoms with E-state index in [0.29, 0.717) is 5.17 Å². The van der Waals surface area contributed by atoms with E-state index in [-0.39, 0.29) is 11.4 Å². The molecule has 1 amide bonds. The van der Waals surface area contributed by atoms with Crippen molar-refractivity contribution in [3.63, 3.8) is 0 Å². The highest BCUT2D eigenvalue weighted by Gasteiger charge is 2.36. The van der Waals surface area contributed by atoms with Gasteiger partial charge in [0, 0.05) is 10.4 Å². The molecule has 0 unspecified atom stereocenters. The van der Waals surface area contributed by atoms with Gasteiger partial charge in [0.15, 0.2) is 5.84 Å². The van der Waals surface area contributed by atoms with Gasteiger partial charge >= 0.3 is 0 Å². The number of carbonyl (C=O) groups excluding carboxylic acids is 1. The van der Waals surface area contributed by atoms with Gasteiger partial charge in [-0.1, -0.05) is 30.3 Å². The second-order valence-electron chi connectivity index (χ2n) is 5.26. The molecular formula is C17H12N4OS2. The topological polar surface area (TPSA) is 68.9 Å². The highest BCUT2D eigenvalue weighted by molar-refractivity contribution is 8.27. The summed E-state index contributed by atoms with van der Waals surface area (Å²) < 4.78 is 0. The smallest absolute Gasteiger partial charge is 0.282 e. The van der Waals surface area contributed by atoms with Gasteiger partial charge in [0.1, 0.15) is 5.04 Å². The first-order chi connectivity index (χ1) is 11.6. The van der Waals surface area contributed by atoms with Crippen LogP contribution in [0.1, 0.15) is 16.0 Å². The SMILES string of the molecule is Cc1ccccc1C1=NN2C(=N)/C(=C/c3cccs3)C(=O)N=C2S1. The molecule has 0 atom stereocenters. The predicted octanol–water partition coefficient (Wildman–Crippen LogP) is 3.72. The molecule has 0 saturated heterocycles. The van der Waals surface area contributed by atoms with Gasteiger partial charge in [0.05, 0.1) is 5.57 Å². The number of nitrogens with zero attached hydrogens (tertiary/aromatic N) is 3. The number of hydrazone groups is 1. The molecule has 118 valence electrons. The van der Waals surface area contributed by atoms with Crippen molar-refractivity contribution in [3.8, 4) is 0 Å². The summed E-state index contributed by atoms with van der Waals surface area (Å²) in [6.45, 7) is 2.01. The van der Waals surface area contributed by atoms with Crippen LogP contribution >= 0.6 is 23.1 Å². The Balaban J connectivity index is 1.73. The maximum Gasteiger partial charge on any atom is 0.283 e. The third-order valence-electron chi connectivity index (χ3n) is 3.66. The molecule has 0 fully saturated rings. The Morgan fingerprint density at radius 1 is 1.21 bits per heavy atom. The maximum absolute atomic E-state index is 12.3. The van der Waals surface area contributed by atoms with Gasteiger partial charge in [0.2, 0.25) is 5.17 Å². The number of rotatable bonds is 2. The third kappa shape index (κ3) is 2.51. The lowest BCUT2D eigenvalue weighted by Crippen LogP contribution is -2.35. The number of carbonyl (C=O) groups is 1. The van der Waals surface area contributed by atoms with E-state index in [1.54, 1.807) is 6.08 Å². The van der Waals surface area contributed by atoms with Gasteiger partial charge in [0.25, 0.3) is 5.91 Å². The zero-order chi connectivity index (χ0) is 16.7. The summed E-state index contributed by atoms with van der Waals surface area (Å²) in [7, 11) is 0. The number of thioether (sulfide) groups is 1. The van der Waals surface area contributed by atoms with Gasteiger partial charge in [-0.2, -0.15) is 15.1 Å². The van der Waals surface area contributed by atoms with E-state index < -0.39 is 5.91 Å². The fourth-order valence-corrected chi connectivity index (χ4v) is 4.07. The minimum Gasteiger partial charge on any atom is -0.282 e. The number of hydrogen-bond donors (Lipinski definition) is 1. The zero-order valence-corrected chi connectivity index (χ0v) is 14.3.